The van der Waals surface area contributed by atoms with Crippen LogP contribution in [0.3, 0.4) is 0 Å². The number of hydrogen-bond acceptors (Lipinski definition) is 3. The summed E-state index contributed by atoms with van der Waals surface area (Å²) in [6.45, 7) is 0.262. The van der Waals surface area contributed by atoms with E-state index in [1.807, 2.05) is 30.3 Å². The van der Waals surface area contributed by atoms with Gasteiger partial charge in [-0.3, -0.25) is 0 Å². The number of carbonyl (C=O) groups is 2. The second-order valence-electron chi connectivity index (χ2n) is 4.43. The van der Waals surface area contributed by atoms with E-state index in [1.165, 1.54) is 7.11 Å². The van der Waals surface area contributed by atoms with Gasteiger partial charge in [0, 0.05) is 6.54 Å². The van der Waals surface area contributed by atoms with Gasteiger partial charge in [-0.2, -0.15) is 0 Å². The van der Waals surface area contributed by atoms with E-state index in [9.17, 15) is 9.59 Å². The summed E-state index contributed by atoms with van der Waals surface area (Å²) in [7, 11) is 1.35. The Morgan fingerprint density at radius 3 is 2.43 bits per heavy atom. The van der Waals surface area contributed by atoms with E-state index in [2.05, 4.69) is 5.32 Å². The van der Waals surface area contributed by atoms with Gasteiger partial charge in [0.15, 0.2) is 0 Å². The van der Waals surface area contributed by atoms with E-state index < -0.39 is 6.09 Å². The summed E-state index contributed by atoms with van der Waals surface area (Å²) < 4.78 is 4.70. The van der Waals surface area contributed by atoms with Crippen molar-refractivity contribution in [1.82, 2.24) is 5.32 Å². The highest BCUT2D eigenvalue weighted by molar-refractivity contribution is 5.90. The molecule has 0 atom stereocenters. The molecule has 0 bridgehead atoms. The van der Waals surface area contributed by atoms with Crippen LogP contribution in [0.5, 0.6) is 0 Å². The number of hydrogen-bond donors (Lipinski definition) is 2. The van der Waals surface area contributed by atoms with Gasteiger partial charge < -0.3 is 15.2 Å². The fraction of sp³-hybridized carbons (Fsp3) is 0.125. The van der Waals surface area contributed by atoms with Crippen LogP contribution >= 0.6 is 0 Å². The number of carbonyl (C=O) groups excluding carboxylic acids is 1. The zero-order valence-electron chi connectivity index (χ0n) is 11.5. The van der Waals surface area contributed by atoms with Gasteiger partial charge in [-0.25, -0.2) is 9.59 Å². The maximum absolute atomic E-state index is 11.5. The predicted octanol–water partition coefficient (Wildman–Crippen LogP) is 2.91. The summed E-state index contributed by atoms with van der Waals surface area (Å²) >= 11 is 0. The van der Waals surface area contributed by atoms with E-state index in [4.69, 9.17) is 9.84 Å². The molecule has 0 aliphatic carbocycles. The number of methoxy groups -OCH3 is 1. The highest BCUT2D eigenvalue weighted by atomic mass is 16.5. The van der Waals surface area contributed by atoms with E-state index in [0.717, 1.165) is 16.7 Å². The molecule has 108 valence electrons. The summed E-state index contributed by atoms with van der Waals surface area (Å²) in [6.07, 6.45) is -1.05. The summed E-state index contributed by atoms with van der Waals surface area (Å²) in [5.74, 6) is -0.376. The molecule has 2 aromatic rings. The van der Waals surface area contributed by atoms with Crippen molar-refractivity contribution in [2.75, 3.05) is 7.11 Å². The topological polar surface area (TPSA) is 75.6 Å². The van der Waals surface area contributed by atoms with Crippen LogP contribution in [0, 0.1) is 0 Å². The zero-order chi connectivity index (χ0) is 15.2. The van der Waals surface area contributed by atoms with Crippen molar-refractivity contribution in [1.29, 1.82) is 0 Å². The Balaban J connectivity index is 2.18. The van der Waals surface area contributed by atoms with Crippen LogP contribution in [0.25, 0.3) is 11.1 Å². The van der Waals surface area contributed by atoms with E-state index in [0.29, 0.717) is 5.56 Å². The van der Waals surface area contributed by atoms with Gasteiger partial charge in [-0.1, -0.05) is 36.4 Å². The van der Waals surface area contributed by atoms with E-state index in [-0.39, 0.29) is 12.5 Å². The lowest BCUT2D eigenvalue weighted by molar-refractivity contribution is 0.0600. The monoisotopic (exact) mass is 285 g/mol. The van der Waals surface area contributed by atoms with Gasteiger partial charge in [0.05, 0.1) is 12.7 Å². The summed E-state index contributed by atoms with van der Waals surface area (Å²) in [6, 6.07) is 14.6. The normalized spacial score (nSPS) is 9.95. The van der Waals surface area contributed by atoms with Crippen LogP contribution in [-0.2, 0) is 11.3 Å². The van der Waals surface area contributed by atoms with Crippen molar-refractivity contribution in [3.63, 3.8) is 0 Å². The highest BCUT2D eigenvalue weighted by Gasteiger charge is 2.06. The number of carboxylic acid groups (broad SMARTS) is 1. The summed E-state index contributed by atoms with van der Waals surface area (Å²) in [5, 5.41) is 10.9. The van der Waals surface area contributed by atoms with Crippen molar-refractivity contribution < 1.29 is 19.4 Å². The molecule has 0 saturated carbocycles. The Bertz CT molecular complexity index is 650. The molecule has 5 nitrogen and oxygen atoms in total. The lowest BCUT2D eigenvalue weighted by Gasteiger charge is -2.06. The van der Waals surface area contributed by atoms with Gasteiger partial charge in [-0.05, 0) is 28.8 Å². The molecule has 0 spiro atoms. The third-order valence-electron chi connectivity index (χ3n) is 3.01. The molecule has 5 heteroatoms. The second-order valence-corrected chi connectivity index (χ2v) is 4.43. The summed E-state index contributed by atoms with van der Waals surface area (Å²) in [5.41, 5.74) is 3.20. The van der Waals surface area contributed by atoms with E-state index >= 15 is 0 Å². The lowest BCUT2D eigenvalue weighted by Crippen LogP contribution is -2.19. The maximum Gasteiger partial charge on any atom is 0.404 e. The molecule has 0 saturated heterocycles. The number of nitrogens with one attached hydrogen (secondary N) is 1. The van der Waals surface area contributed by atoms with Crippen molar-refractivity contribution in [3.05, 3.63) is 59.7 Å². The van der Waals surface area contributed by atoms with Crippen LogP contribution in [0.4, 0.5) is 4.79 Å². The minimum absolute atomic E-state index is 0.262. The molecule has 0 unspecified atom stereocenters. The van der Waals surface area contributed by atoms with Crippen LogP contribution in [0.1, 0.15) is 15.9 Å². The fourth-order valence-electron chi connectivity index (χ4n) is 1.94. The first-order valence-electron chi connectivity index (χ1n) is 6.34. The minimum atomic E-state index is -1.05. The Kier molecular flexibility index (Phi) is 4.56. The molecule has 2 N–H and O–H groups in total. The molecule has 0 fully saturated rings. The van der Waals surface area contributed by atoms with E-state index in [1.54, 1.807) is 18.2 Å². The number of amides is 1. The fourth-order valence-corrected chi connectivity index (χ4v) is 1.94. The molecule has 2 rings (SSSR count). The molecular weight excluding hydrogens is 270 g/mol. The van der Waals surface area contributed by atoms with Gasteiger partial charge >= 0.3 is 12.1 Å². The van der Waals surface area contributed by atoms with Gasteiger partial charge in [0.25, 0.3) is 0 Å². The van der Waals surface area contributed by atoms with Crippen molar-refractivity contribution in [2.45, 2.75) is 6.54 Å². The van der Waals surface area contributed by atoms with Crippen molar-refractivity contribution >= 4 is 12.1 Å². The number of ether oxygens (including phenoxy) is 1. The first-order valence-corrected chi connectivity index (χ1v) is 6.34. The molecule has 0 aliphatic rings. The Labute approximate surface area is 122 Å². The minimum Gasteiger partial charge on any atom is -0.465 e. The number of rotatable bonds is 4. The second kappa shape index (κ2) is 6.56. The van der Waals surface area contributed by atoms with Gasteiger partial charge in [-0.15, -0.1) is 0 Å². The third kappa shape index (κ3) is 3.82. The smallest absolute Gasteiger partial charge is 0.404 e. The van der Waals surface area contributed by atoms with Gasteiger partial charge in [0.2, 0.25) is 0 Å². The molecule has 0 heterocycles. The molecule has 2 aromatic carbocycles. The molecule has 0 radical (unpaired) electrons. The van der Waals surface area contributed by atoms with Crippen LogP contribution in [-0.4, -0.2) is 24.3 Å². The first-order chi connectivity index (χ1) is 10.1. The average Bonchev–Trinajstić information content (AvgIpc) is 2.52. The number of esters is 1. The first kappa shape index (κ1) is 14.6. The molecule has 21 heavy (non-hydrogen) atoms. The van der Waals surface area contributed by atoms with Crippen molar-refractivity contribution in [3.8, 4) is 11.1 Å². The molecule has 0 aliphatic heterocycles. The van der Waals surface area contributed by atoms with Gasteiger partial charge in [0.1, 0.15) is 0 Å². The van der Waals surface area contributed by atoms with Crippen molar-refractivity contribution in [2.24, 2.45) is 0 Å². The Morgan fingerprint density at radius 2 is 1.81 bits per heavy atom. The Hall–Kier alpha value is -2.82. The summed E-state index contributed by atoms with van der Waals surface area (Å²) in [4.78, 5) is 21.9. The maximum atomic E-state index is 11.5. The number of benzene rings is 2. The Morgan fingerprint density at radius 1 is 1.10 bits per heavy atom. The quantitative estimate of drug-likeness (QED) is 0.847. The average molecular weight is 285 g/mol. The molecule has 1 amide bonds. The highest BCUT2D eigenvalue weighted by Crippen LogP contribution is 2.21. The standard InChI is InChI=1S/C16H15NO4/c1-21-15(18)14-4-2-3-13(9-14)12-7-5-11(6-8-12)10-17-16(19)20/h2-9,17H,10H2,1H3,(H,19,20). The SMILES string of the molecule is COC(=O)c1cccc(-c2ccc(CNC(=O)O)cc2)c1. The van der Waals surface area contributed by atoms with Crippen LogP contribution < -0.4 is 5.32 Å². The predicted molar refractivity (Wildman–Crippen MR) is 78.1 cm³/mol. The molecule has 0 aromatic heterocycles. The molecular formula is C16H15NO4. The van der Waals surface area contributed by atoms with Crippen LogP contribution in [0.2, 0.25) is 0 Å². The zero-order valence-corrected chi connectivity index (χ0v) is 11.5. The largest absolute Gasteiger partial charge is 0.465 e. The lowest BCUT2D eigenvalue weighted by atomic mass is 10.0. The van der Waals surface area contributed by atoms with Crippen LogP contribution in [0.15, 0.2) is 48.5 Å². The third-order valence-corrected chi connectivity index (χ3v) is 3.01.